The predicted molar refractivity (Wildman–Crippen MR) is 133 cm³/mol. The molecule has 1 amide bonds. The number of amides is 1. The molecule has 184 valence electrons. The number of hydrogen-bond acceptors (Lipinski definition) is 5. The average molecular weight is 460 g/mol. The molecule has 1 aromatic carbocycles. The van der Waals surface area contributed by atoms with E-state index in [2.05, 4.69) is 6.58 Å². The van der Waals surface area contributed by atoms with Crippen LogP contribution in [0.25, 0.3) is 5.57 Å². The topological polar surface area (TPSA) is 65.1 Å². The molecule has 0 bridgehead atoms. The molecule has 0 aliphatic rings. The number of likely N-dealkylation sites (N-methyl/N-ethyl adjacent to an activating group) is 1. The summed E-state index contributed by atoms with van der Waals surface area (Å²) in [6.45, 7) is 13.8. The lowest BCUT2D eigenvalue weighted by molar-refractivity contribution is -0.128. The van der Waals surface area contributed by atoms with Crippen molar-refractivity contribution in [1.82, 2.24) is 4.90 Å². The van der Waals surface area contributed by atoms with E-state index >= 15 is 0 Å². The number of unbranched alkanes of at least 4 members (excludes halogenated alkanes) is 1. The van der Waals surface area contributed by atoms with Crippen molar-refractivity contribution >= 4 is 17.3 Å². The van der Waals surface area contributed by atoms with E-state index in [4.69, 9.17) is 14.2 Å². The summed E-state index contributed by atoms with van der Waals surface area (Å²) >= 11 is 0. The van der Waals surface area contributed by atoms with Gasteiger partial charge in [-0.05, 0) is 44.2 Å². The number of benzene rings is 1. The van der Waals surface area contributed by atoms with Gasteiger partial charge in [-0.1, -0.05) is 42.5 Å². The van der Waals surface area contributed by atoms with Crippen LogP contribution in [0.3, 0.4) is 0 Å². The largest absolute Gasteiger partial charge is 0.380 e. The van der Waals surface area contributed by atoms with Gasteiger partial charge in [0, 0.05) is 52.3 Å². The molecule has 1 aromatic rings. The summed E-state index contributed by atoms with van der Waals surface area (Å²) in [6.07, 6.45) is 5.05. The first-order chi connectivity index (χ1) is 15.8. The normalized spacial score (nSPS) is 10.7. The number of carbonyl (C=O) groups excluding carboxylic acids is 2. The lowest BCUT2D eigenvalue weighted by atomic mass is 10.0. The molecule has 0 aromatic heterocycles. The first-order valence-corrected chi connectivity index (χ1v) is 11.7. The highest BCUT2D eigenvalue weighted by Crippen LogP contribution is 2.17. The number of rotatable bonds is 18. The van der Waals surface area contributed by atoms with E-state index in [1.54, 1.807) is 18.9 Å². The van der Waals surface area contributed by atoms with E-state index in [1.807, 2.05) is 44.2 Å². The Balaban J connectivity index is 1.99. The fraction of sp³-hybridized carbons (Fsp3) is 0.556. The maximum Gasteiger partial charge on any atom is 0.219 e. The van der Waals surface area contributed by atoms with Crippen LogP contribution in [-0.2, 0) is 19.0 Å². The smallest absolute Gasteiger partial charge is 0.219 e. The highest BCUT2D eigenvalue weighted by Gasteiger charge is 2.06. The van der Waals surface area contributed by atoms with Gasteiger partial charge in [-0.15, -0.1) is 0 Å². The molecule has 0 fully saturated rings. The zero-order valence-electron chi connectivity index (χ0n) is 20.9. The minimum absolute atomic E-state index is 0.0493. The second-order valence-electron chi connectivity index (χ2n) is 8.34. The molecule has 6 nitrogen and oxygen atoms in total. The lowest BCUT2D eigenvalue weighted by Crippen LogP contribution is -2.27. The molecule has 0 unspecified atom stereocenters. The summed E-state index contributed by atoms with van der Waals surface area (Å²) in [5.41, 5.74) is 3.90. The summed E-state index contributed by atoms with van der Waals surface area (Å²) in [6, 6.07) is 7.63. The highest BCUT2D eigenvalue weighted by molar-refractivity contribution is 5.96. The Morgan fingerprint density at radius 2 is 1.33 bits per heavy atom. The van der Waals surface area contributed by atoms with E-state index in [-0.39, 0.29) is 11.7 Å². The highest BCUT2D eigenvalue weighted by atomic mass is 16.5. The van der Waals surface area contributed by atoms with Gasteiger partial charge in [0.05, 0.1) is 19.8 Å². The van der Waals surface area contributed by atoms with Crippen LogP contribution >= 0.6 is 0 Å². The number of carbonyl (C=O) groups is 2. The van der Waals surface area contributed by atoms with Gasteiger partial charge in [0.2, 0.25) is 5.91 Å². The Hall–Kier alpha value is -2.28. The Morgan fingerprint density at radius 1 is 0.818 bits per heavy atom. The molecule has 0 N–H and O–H groups in total. The molecule has 0 spiro atoms. The van der Waals surface area contributed by atoms with Crippen molar-refractivity contribution in [1.29, 1.82) is 0 Å². The van der Waals surface area contributed by atoms with Crippen molar-refractivity contribution in [2.45, 2.75) is 46.5 Å². The maximum absolute atomic E-state index is 12.3. The first kappa shape index (κ1) is 28.8. The van der Waals surface area contributed by atoms with Gasteiger partial charge in [-0.25, -0.2) is 0 Å². The molecule has 0 heterocycles. The third kappa shape index (κ3) is 13.8. The van der Waals surface area contributed by atoms with Crippen LogP contribution in [0, 0.1) is 0 Å². The van der Waals surface area contributed by atoms with Crippen molar-refractivity contribution in [3.05, 3.63) is 53.6 Å². The second-order valence-corrected chi connectivity index (χ2v) is 8.34. The summed E-state index contributed by atoms with van der Waals surface area (Å²) in [4.78, 5) is 25.0. The molecule has 0 atom stereocenters. The number of ketones is 1. The summed E-state index contributed by atoms with van der Waals surface area (Å²) in [7, 11) is 1.77. The minimum atomic E-state index is 0.0493. The van der Waals surface area contributed by atoms with Crippen LogP contribution in [0.4, 0.5) is 0 Å². The van der Waals surface area contributed by atoms with Gasteiger partial charge >= 0.3 is 0 Å². The number of nitrogens with zero attached hydrogens (tertiary/aromatic N) is 1. The van der Waals surface area contributed by atoms with Crippen LogP contribution in [0.5, 0.6) is 0 Å². The molecule has 0 aliphatic heterocycles. The molecule has 6 heteroatoms. The third-order valence-electron chi connectivity index (χ3n) is 5.04. The summed E-state index contributed by atoms with van der Waals surface area (Å²) in [5.74, 6) is 0.178. The van der Waals surface area contributed by atoms with Crippen LogP contribution in [0.15, 0.2) is 42.5 Å². The number of allylic oxidation sites excluding steroid dienone is 3. The van der Waals surface area contributed by atoms with Gasteiger partial charge < -0.3 is 19.1 Å². The number of Topliss-reactive ketones (excluding diaryl/α,β-unsaturated/α-hetero) is 1. The maximum atomic E-state index is 12.3. The summed E-state index contributed by atoms with van der Waals surface area (Å²) in [5, 5.41) is 0. The van der Waals surface area contributed by atoms with Gasteiger partial charge in [-0.3, -0.25) is 9.59 Å². The SMILES string of the molecule is C=C(C=C(C)C)c1ccc(C(=O)CCCOCCOCCCCOCCN(C)C(C)=O)cc1. The van der Waals surface area contributed by atoms with Crippen molar-refractivity contribution in [3.63, 3.8) is 0 Å². The average Bonchev–Trinajstić information content (AvgIpc) is 2.78. The third-order valence-corrected chi connectivity index (χ3v) is 5.04. The van der Waals surface area contributed by atoms with E-state index < -0.39 is 0 Å². The standard InChI is InChI=1S/C27H41NO5/c1-22(2)21-23(3)25-10-12-26(13-11-25)27(30)9-8-17-33-20-19-32-16-7-6-15-31-18-14-28(5)24(4)29/h10-13,21H,3,6-9,14-20H2,1-2,4-5H3. The second kappa shape index (κ2) is 17.2. The van der Waals surface area contributed by atoms with Crippen molar-refractivity contribution in [3.8, 4) is 0 Å². The molecule has 0 saturated heterocycles. The van der Waals surface area contributed by atoms with Crippen LogP contribution in [0.2, 0.25) is 0 Å². The van der Waals surface area contributed by atoms with Crippen molar-refractivity contribution < 1.29 is 23.8 Å². The molecular weight excluding hydrogens is 418 g/mol. The van der Waals surface area contributed by atoms with E-state index in [0.717, 1.165) is 29.5 Å². The molecule has 33 heavy (non-hydrogen) atoms. The molecule has 1 rings (SSSR count). The van der Waals surface area contributed by atoms with Crippen LogP contribution in [-0.4, -0.2) is 69.8 Å². The van der Waals surface area contributed by atoms with E-state index in [9.17, 15) is 9.59 Å². The van der Waals surface area contributed by atoms with E-state index in [1.165, 1.54) is 5.57 Å². The molecule has 0 aliphatic carbocycles. The van der Waals surface area contributed by atoms with Gasteiger partial charge in [0.1, 0.15) is 0 Å². The van der Waals surface area contributed by atoms with Gasteiger partial charge in [0.25, 0.3) is 0 Å². The lowest BCUT2D eigenvalue weighted by Gasteiger charge is -2.14. The zero-order chi connectivity index (χ0) is 24.5. The molecule has 0 radical (unpaired) electrons. The molecular formula is C27H41NO5. The van der Waals surface area contributed by atoms with E-state index in [0.29, 0.717) is 59.0 Å². The molecule has 0 saturated carbocycles. The fourth-order valence-electron chi connectivity index (χ4n) is 2.97. The number of hydrogen-bond donors (Lipinski definition) is 0. The van der Waals surface area contributed by atoms with Crippen LogP contribution < -0.4 is 0 Å². The van der Waals surface area contributed by atoms with Gasteiger partial charge in [-0.2, -0.15) is 0 Å². The predicted octanol–water partition coefficient (Wildman–Crippen LogP) is 4.94. The zero-order valence-corrected chi connectivity index (χ0v) is 20.9. The fourth-order valence-corrected chi connectivity index (χ4v) is 2.97. The quantitative estimate of drug-likeness (QED) is 0.177. The Bertz CT molecular complexity index is 750. The first-order valence-electron chi connectivity index (χ1n) is 11.7. The number of ether oxygens (including phenoxy) is 3. The Morgan fingerprint density at radius 3 is 1.88 bits per heavy atom. The van der Waals surface area contributed by atoms with Gasteiger partial charge in [0.15, 0.2) is 5.78 Å². The Kier molecular flexibility index (Phi) is 15.0. The van der Waals surface area contributed by atoms with Crippen molar-refractivity contribution in [2.75, 3.05) is 53.2 Å². The van der Waals surface area contributed by atoms with Crippen molar-refractivity contribution in [2.24, 2.45) is 0 Å². The van der Waals surface area contributed by atoms with Crippen LogP contribution in [0.1, 0.15) is 62.4 Å². The summed E-state index contributed by atoms with van der Waals surface area (Å²) < 4.78 is 16.6. The monoisotopic (exact) mass is 459 g/mol. The minimum Gasteiger partial charge on any atom is -0.380 e. The Labute approximate surface area is 199 Å².